The van der Waals surface area contributed by atoms with Gasteiger partial charge in [0.2, 0.25) is 0 Å². The Morgan fingerprint density at radius 1 is 0.771 bits per heavy atom. The van der Waals surface area contributed by atoms with Crippen molar-refractivity contribution in [2.45, 2.75) is 26.2 Å². The monoisotopic (exact) mass is 492 g/mol. The van der Waals surface area contributed by atoms with Crippen molar-refractivity contribution < 1.29 is 28.0 Å². The zero-order valence-corrected chi connectivity index (χ0v) is 20.3. The smallest absolute Gasteiger partial charge is 0.508 e. The van der Waals surface area contributed by atoms with E-state index in [9.17, 15) is 19.0 Å². The molecule has 0 amide bonds. The Balaban J connectivity index is 1.55. The molecule has 2 unspecified atom stereocenters. The second kappa shape index (κ2) is 10.3. The molecule has 4 rings (SSSR count). The van der Waals surface area contributed by atoms with Gasteiger partial charge < -0.3 is 14.2 Å². The lowest BCUT2D eigenvalue weighted by Crippen LogP contribution is -2.06. The number of hydrogen-bond acceptors (Lipinski definition) is 4. The fraction of sp³-hybridized carbons (Fsp3) is 0.143. The van der Waals surface area contributed by atoms with E-state index in [-0.39, 0.29) is 29.0 Å². The van der Waals surface area contributed by atoms with Gasteiger partial charge in [-0.05, 0) is 96.6 Å². The van der Waals surface area contributed by atoms with Crippen molar-refractivity contribution in [2.24, 2.45) is 0 Å². The van der Waals surface area contributed by atoms with Gasteiger partial charge in [0, 0.05) is 5.92 Å². The number of phosphoric acid groups is 1. The highest BCUT2D eigenvalue weighted by molar-refractivity contribution is 7.48. The molecule has 0 saturated carbocycles. The van der Waals surface area contributed by atoms with Gasteiger partial charge in [-0.15, -0.1) is 0 Å². The minimum atomic E-state index is -4.40. The molecule has 2 N–H and O–H groups in total. The Morgan fingerprint density at radius 2 is 1.29 bits per heavy atom. The molecule has 35 heavy (non-hydrogen) atoms. The first-order valence-corrected chi connectivity index (χ1v) is 12.6. The van der Waals surface area contributed by atoms with Crippen LogP contribution in [0.1, 0.15) is 33.7 Å². The topological polar surface area (TPSA) is 76.0 Å². The number of rotatable bonds is 8. The van der Waals surface area contributed by atoms with Crippen LogP contribution < -0.4 is 9.05 Å². The van der Waals surface area contributed by atoms with Crippen molar-refractivity contribution in [1.29, 1.82) is 0 Å². The minimum absolute atomic E-state index is 0.0949. The molecule has 7 heteroatoms. The van der Waals surface area contributed by atoms with E-state index in [1.807, 2.05) is 44.2 Å². The van der Waals surface area contributed by atoms with Crippen molar-refractivity contribution in [1.82, 2.24) is 0 Å². The number of phenolic OH excluding ortho intramolecular Hbond substituents is 1. The van der Waals surface area contributed by atoms with Crippen LogP contribution in [0.5, 0.6) is 17.2 Å². The maximum absolute atomic E-state index is 13.4. The van der Waals surface area contributed by atoms with Gasteiger partial charge in [-0.1, -0.05) is 42.5 Å². The normalized spacial score (nSPS) is 13.6. The van der Waals surface area contributed by atoms with E-state index in [0.29, 0.717) is 6.42 Å². The predicted octanol–water partition coefficient (Wildman–Crippen LogP) is 7.08. The molecule has 0 heterocycles. The largest absolute Gasteiger partial charge is 0.584 e. The molecule has 0 radical (unpaired) electrons. The molecule has 0 aromatic heterocycles. The summed E-state index contributed by atoms with van der Waals surface area (Å²) in [7, 11) is -4.40. The van der Waals surface area contributed by atoms with Gasteiger partial charge in [0.25, 0.3) is 0 Å². The molecule has 0 spiro atoms. The van der Waals surface area contributed by atoms with Gasteiger partial charge in [-0.3, -0.25) is 4.89 Å². The van der Waals surface area contributed by atoms with Crippen LogP contribution in [0.4, 0.5) is 4.39 Å². The van der Waals surface area contributed by atoms with Crippen molar-refractivity contribution in [3.05, 3.63) is 125 Å². The average Bonchev–Trinajstić information content (AvgIpc) is 2.79. The summed E-state index contributed by atoms with van der Waals surface area (Å²) in [6.45, 7) is 3.75. The first-order valence-electron chi connectivity index (χ1n) is 11.1. The predicted molar refractivity (Wildman–Crippen MR) is 133 cm³/mol. The zero-order chi connectivity index (χ0) is 25.0. The Bertz CT molecular complexity index is 1320. The van der Waals surface area contributed by atoms with Crippen LogP contribution in [0.3, 0.4) is 0 Å². The van der Waals surface area contributed by atoms with Crippen molar-refractivity contribution in [3.63, 3.8) is 0 Å². The summed E-state index contributed by atoms with van der Waals surface area (Å²) in [5.41, 5.74) is 4.66. The molecular formula is C28H26FO5P. The molecule has 0 bridgehead atoms. The highest BCUT2D eigenvalue weighted by atomic mass is 31.2. The molecular weight excluding hydrogens is 466 g/mol. The number of hydrogen-bond donors (Lipinski definition) is 2. The van der Waals surface area contributed by atoms with Gasteiger partial charge in [0.15, 0.2) is 0 Å². The third-order valence-electron chi connectivity index (χ3n) is 5.57. The Kier molecular flexibility index (Phi) is 7.25. The van der Waals surface area contributed by atoms with Gasteiger partial charge in [0.1, 0.15) is 23.1 Å². The Morgan fingerprint density at radius 3 is 1.86 bits per heavy atom. The van der Waals surface area contributed by atoms with Crippen LogP contribution in [0.15, 0.2) is 91.0 Å². The van der Waals surface area contributed by atoms with Crippen molar-refractivity contribution in [3.8, 4) is 17.2 Å². The standard InChI is InChI=1S/C28H26FO5P/c1-19-15-20(2)17-27(16-19)34-35(31,32)33-26-13-7-23(8-14-26)28(22-5-11-25(30)12-6-22)18-21-3-9-24(29)10-4-21/h3-17,28,30H,18H2,1-2H3,(H,31,32). The number of benzene rings is 4. The SMILES string of the molecule is Cc1cc(C)cc(OP(=O)(O)Oc2ccc(C(Cc3ccc(F)cc3)c3ccc(O)cc3)cc2)c1. The average molecular weight is 492 g/mol. The molecule has 0 aliphatic heterocycles. The summed E-state index contributed by atoms with van der Waals surface area (Å²) in [4.78, 5) is 10.3. The third-order valence-corrected chi connectivity index (χ3v) is 6.45. The summed E-state index contributed by atoms with van der Waals surface area (Å²) in [6, 6.07) is 25.4. The fourth-order valence-corrected chi connectivity index (χ4v) is 4.82. The molecule has 4 aromatic carbocycles. The van der Waals surface area contributed by atoms with Crippen LogP contribution in [-0.4, -0.2) is 10.00 Å². The maximum Gasteiger partial charge on any atom is 0.584 e. The van der Waals surface area contributed by atoms with Crippen LogP contribution in [0.25, 0.3) is 0 Å². The van der Waals surface area contributed by atoms with E-state index < -0.39 is 7.82 Å². The third kappa shape index (κ3) is 6.72. The molecule has 0 aliphatic rings. The number of halogens is 1. The summed E-state index contributed by atoms with van der Waals surface area (Å²) in [5.74, 6) is 0.225. The molecule has 5 nitrogen and oxygen atoms in total. The summed E-state index contributed by atoms with van der Waals surface area (Å²) in [6.07, 6.45) is 0.597. The quantitative estimate of drug-likeness (QED) is 0.257. The number of aromatic hydroxyl groups is 1. The van der Waals surface area contributed by atoms with E-state index in [2.05, 4.69) is 0 Å². The first kappa shape index (κ1) is 24.5. The molecule has 0 fully saturated rings. The van der Waals surface area contributed by atoms with Gasteiger partial charge in [0.05, 0.1) is 0 Å². The van der Waals surface area contributed by atoms with E-state index in [4.69, 9.17) is 9.05 Å². The zero-order valence-electron chi connectivity index (χ0n) is 19.4. The lowest BCUT2D eigenvalue weighted by atomic mass is 9.86. The number of phenols is 1. The van der Waals surface area contributed by atoms with Crippen molar-refractivity contribution >= 4 is 7.82 Å². The van der Waals surface area contributed by atoms with Gasteiger partial charge >= 0.3 is 7.82 Å². The van der Waals surface area contributed by atoms with E-state index in [0.717, 1.165) is 27.8 Å². The summed E-state index contributed by atoms with van der Waals surface area (Å²) in [5, 5.41) is 9.69. The molecule has 0 saturated heterocycles. The highest BCUT2D eigenvalue weighted by Gasteiger charge is 2.25. The second-order valence-electron chi connectivity index (χ2n) is 8.52. The van der Waals surface area contributed by atoms with E-state index in [1.54, 1.807) is 48.5 Å². The van der Waals surface area contributed by atoms with E-state index in [1.165, 1.54) is 12.1 Å². The highest BCUT2D eigenvalue weighted by Crippen LogP contribution is 2.45. The molecule has 0 aliphatic carbocycles. The van der Waals surface area contributed by atoms with Crippen molar-refractivity contribution in [2.75, 3.05) is 0 Å². The van der Waals surface area contributed by atoms with Crippen LogP contribution in [0, 0.1) is 19.7 Å². The lowest BCUT2D eigenvalue weighted by Gasteiger charge is -2.20. The van der Waals surface area contributed by atoms with Gasteiger partial charge in [-0.25, -0.2) is 8.96 Å². The van der Waals surface area contributed by atoms with E-state index >= 15 is 0 Å². The maximum atomic E-state index is 13.4. The van der Waals surface area contributed by atoms with Crippen LogP contribution >= 0.6 is 7.82 Å². The van der Waals surface area contributed by atoms with Crippen LogP contribution in [0.2, 0.25) is 0 Å². The second-order valence-corrected chi connectivity index (χ2v) is 9.82. The summed E-state index contributed by atoms with van der Waals surface area (Å²) >= 11 is 0. The van der Waals surface area contributed by atoms with Crippen LogP contribution in [-0.2, 0) is 11.0 Å². The Labute approximate surface area is 204 Å². The Hall–Kier alpha value is -3.60. The number of aryl methyl sites for hydroxylation is 2. The molecule has 4 aromatic rings. The minimum Gasteiger partial charge on any atom is -0.508 e. The number of phosphoric ester groups is 1. The molecule has 2 atom stereocenters. The van der Waals surface area contributed by atoms with Gasteiger partial charge in [-0.2, -0.15) is 0 Å². The first-order chi connectivity index (χ1) is 16.7. The summed E-state index contributed by atoms with van der Waals surface area (Å²) < 4.78 is 36.5. The lowest BCUT2D eigenvalue weighted by molar-refractivity contribution is 0.291. The fourth-order valence-electron chi connectivity index (χ4n) is 4.02. The molecule has 180 valence electrons.